The maximum absolute atomic E-state index is 12.7. The molecule has 0 saturated heterocycles. The SMILES string of the molecule is Cc1noc(C)c1CC(=O)NCCCCOc1ccc(F)cc1. The van der Waals surface area contributed by atoms with Crippen LogP contribution in [-0.4, -0.2) is 24.2 Å². The summed E-state index contributed by atoms with van der Waals surface area (Å²) < 4.78 is 23.2. The van der Waals surface area contributed by atoms with E-state index in [9.17, 15) is 9.18 Å². The zero-order valence-corrected chi connectivity index (χ0v) is 13.4. The molecule has 0 spiro atoms. The lowest BCUT2D eigenvalue weighted by Crippen LogP contribution is -2.26. The molecule has 2 aromatic rings. The van der Waals surface area contributed by atoms with Crippen LogP contribution in [-0.2, 0) is 11.2 Å². The van der Waals surface area contributed by atoms with Gasteiger partial charge in [-0.1, -0.05) is 5.16 Å². The van der Waals surface area contributed by atoms with Gasteiger partial charge >= 0.3 is 0 Å². The number of hydrogen-bond donors (Lipinski definition) is 1. The van der Waals surface area contributed by atoms with Crippen molar-refractivity contribution in [3.63, 3.8) is 0 Å². The minimum atomic E-state index is -0.279. The van der Waals surface area contributed by atoms with Crippen molar-refractivity contribution in [2.24, 2.45) is 0 Å². The molecule has 0 aliphatic rings. The molecule has 1 amide bonds. The van der Waals surface area contributed by atoms with Crippen LogP contribution in [0.15, 0.2) is 28.8 Å². The van der Waals surface area contributed by atoms with E-state index in [1.54, 1.807) is 19.1 Å². The Labute approximate surface area is 134 Å². The van der Waals surface area contributed by atoms with E-state index in [1.165, 1.54) is 12.1 Å². The Kier molecular flexibility index (Phi) is 6.14. The van der Waals surface area contributed by atoms with Crippen molar-refractivity contribution in [2.45, 2.75) is 33.1 Å². The predicted molar refractivity (Wildman–Crippen MR) is 83.8 cm³/mol. The van der Waals surface area contributed by atoms with Crippen LogP contribution < -0.4 is 10.1 Å². The third kappa shape index (κ3) is 5.39. The number of amides is 1. The lowest BCUT2D eigenvalue weighted by Gasteiger charge is -2.07. The number of ether oxygens (including phenoxy) is 1. The second kappa shape index (κ2) is 8.31. The van der Waals surface area contributed by atoms with Crippen LogP contribution >= 0.6 is 0 Å². The molecule has 0 bridgehead atoms. The van der Waals surface area contributed by atoms with E-state index in [0.717, 1.165) is 24.1 Å². The average molecular weight is 320 g/mol. The highest BCUT2D eigenvalue weighted by atomic mass is 19.1. The number of nitrogens with one attached hydrogen (secondary N) is 1. The number of unbranched alkanes of at least 4 members (excludes halogenated alkanes) is 1. The summed E-state index contributed by atoms with van der Waals surface area (Å²) in [6.45, 7) is 4.75. The van der Waals surface area contributed by atoms with Crippen molar-refractivity contribution in [2.75, 3.05) is 13.2 Å². The Bertz CT molecular complexity index is 618. The topological polar surface area (TPSA) is 64.4 Å². The zero-order chi connectivity index (χ0) is 16.7. The van der Waals surface area contributed by atoms with Crippen molar-refractivity contribution in [1.82, 2.24) is 10.5 Å². The Morgan fingerprint density at radius 3 is 2.65 bits per heavy atom. The molecule has 124 valence electrons. The number of rotatable bonds is 8. The number of nitrogens with zero attached hydrogens (tertiary/aromatic N) is 1. The van der Waals surface area contributed by atoms with Crippen molar-refractivity contribution < 1.29 is 18.4 Å². The first-order valence-corrected chi connectivity index (χ1v) is 7.63. The highest BCUT2D eigenvalue weighted by Crippen LogP contribution is 2.13. The fourth-order valence-corrected chi connectivity index (χ4v) is 2.15. The van der Waals surface area contributed by atoms with Crippen LogP contribution in [0.5, 0.6) is 5.75 Å². The van der Waals surface area contributed by atoms with Crippen molar-refractivity contribution >= 4 is 5.91 Å². The molecule has 0 unspecified atom stereocenters. The van der Waals surface area contributed by atoms with Gasteiger partial charge in [0, 0.05) is 12.1 Å². The van der Waals surface area contributed by atoms with Gasteiger partial charge in [0.25, 0.3) is 0 Å². The molecular weight excluding hydrogens is 299 g/mol. The minimum absolute atomic E-state index is 0.0427. The van der Waals surface area contributed by atoms with Gasteiger partial charge < -0.3 is 14.6 Å². The van der Waals surface area contributed by atoms with Crippen LogP contribution in [0.4, 0.5) is 4.39 Å². The Morgan fingerprint density at radius 2 is 2.00 bits per heavy atom. The highest BCUT2D eigenvalue weighted by molar-refractivity contribution is 5.78. The van der Waals surface area contributed by atoms with Gasteiger partial charge in [0.15, 0.2) is 0 Å². The Morgan fingerprint density at radius 1 is 1.26 bits per heavy atom. The summed E-state index contributed by atoms with van der Waals surface area (Å²) in [5.74, 6) is 1.01. The number of aromatic nitrogens is 1. The van der Waals surface area contributed by atoms with Gasteiger partial charge in [-0.25, -0.2) is 4.39 Å². The van der Waals surface area contributed by atoms with Gasteiger partial charge in [-0.2, -0.15) is 0 Å². The smallest absolute Gasteiger partial charge is 0.224 e. The second-order valence-electron chi connectivity index (χ2n) is 5.34. The van der Waals surface area contributed by atoms with E-state index in [2.05, 4.69) is 10.5 Å². The fourth-order valence-electron chi connectivity index (χ4n) is 2.15. The molecule has 0 atom stereocenters. The Hall–Kier alpha value is -2.37. The summed E-state index contributed by atoms with van der Waals surface area (Å²) in [6.07, 6.45) is 1.91. The molecule has 1 aromatic heterocycles. The molecule has 6 heteroatoms. The summed E-state index contributed by atoms with van der Waals surface area (Å²) in [7, 11) is 0. The zero-order valence-electron chi connectivity index (χ0n) is 13.4. The van der Waals surface area contributed by atoms with Gasteiger partial charge in [0.05, 0.1) is 18.7 Å². The number of carbonyl (C=O) groups excluding carboxylic acids is 1. The van der Waals surface area contributed by atoms with E-state index >= 15 is 0 Å². The van der Waals surface area contributed by atoms with E-state index in [0.29, 0.717) is 24.7 Å². The highest BCUT2D eigenvalue weighted by Gasteiger charge is 2.12. The third-order valence-electron chi connectivity index (χ3n) is 3.49. The second-order valence-corrected chi connectivity index (χ2v) is 5.34. The molecule has 0 saturated carbocycles. The molecule has 2 rings (SSSR count). The average Bonchev–Trinajstić information content (AvgIpc) is 2.84. The maximum atomic E-state index is 12.7. The largest absolute Gasteiger partial charge is 0.494 e. The predicted octanol–water partition coefficient (Wildman–Crippen LogP) is 2.95. The van der Waals surface area contributed by atoms with Crippen LogP contribution in [0.2, 0.25) is 0 Å². The summed E-state index contributed by atoms with van der Waals surface area (Å²) in [6, 6.07) is 5.93. The maximum Gasteiger partial charge on any atom is 0.224 e. The van der Waals surface area contributed by atoms with Crippen LogP contribution in [0.3, 0.4) is 0 Å². The van der Waals surface area contributed by atoms with Crippen LogP contribution in [0.25, 0.3) is 0 Å². The van der Waals surface area contributed by atoms with Crippen molar-refractivity contribution in [3.8, 4) is 5.75 Å². The summed E-state index contributed by atoms with van der Waals surface area (Å²) in [5, 5.41) is 6.70. The first-order chi connectivity index (χ1) is 11.1. The van der Waals surface area contributed by atoms with Gasteiger partial charge in [-0.3, -0.25) is 4.79 Å². The number of benzene rings is 1. The van der Waals surface area contributed by atoms with Gasteiger partial charge in [0.1, 0.15) is 17.3 Å². The Balaban J connectivity index is 1.58. The van der Waals surface area contributed by atoms with Crippen molar-refractivity contribution in [1.29, 1.82) is 0 Å². The molecule has 5 nitrogen and oxygen atoms in total. The first-order valence-electron chi connectivity index (χ1n) is 7.63. The monoisotopic (exact) mass is 320 g/mol. The van der Waals surface area contributed by atoms with E-state index in [4.69, 9.17) is 9.26 Å². The van der Waals surface area contributed by atoms with Gasteiger partial charge in [0.2, 0.25) is 5.91 Å². The fraction of sp³-hybridized carbons (Fsp3) is 0.412. The van der Waals surface area contributed by atoms with Crippen LogP contribution in [0.1, 0.15) is 29.9 Å². The lowest BCUT2D eigenvalue weighted by atomic mass is 10.1. The minimum Gasteiger partial charge on any atom is -0.494 e. The molecule has 1 heterocycles. The molecule has 0 aliphatic heterocycles. The summed E-state index contributed by atoms with van der Waals surface area (Å²) >= 11 is 0. The number of aryl methyl sites for hydroxylation is 2. The molecular formula is C17H21FN2O3. The summed E-state index contributed by atoms with van der Waals surface area (Å²) in [4.78, 5) is 11.9. The van der Waals surface area contributed by atoms with Gasteiger partial charge in [-0.05, 0) is 51.0 Å². The molecule has 0 fully saturated rings. The van der Waals surface area contributed by atoms with Crippen molar-refractivity contribution in [3.05, 3.63) is 47.1 Å². The number of hydrogen-bond acceptors (Lipinski definition) is 4. The van der Waals surface area contributed by atoms with Gasteiger partial charge in [-0.15, -0.1) is 0 Å². The standard InChI is InChI=1S/C17H21FN2O3/c1-12-16(13(2)23-20-12)11-17(21)19-9-3-4-10-22-15-7-5-14(18)6-8-15/h5-8H,3-4,9-11H2,1-2H3,(H,19,21). The lowest BCUT2D eigenvalue weighted by molar-refractivity contribution is -0.120. The van der Waals surface area contributed by atoms with E-state index < -0.39 is 0 Å². The molecule has 0 radical (unpaired) electrons. The third-order valence-corrected chi connectivity index (χ3v) is 3.49. The quantitative estimate of drug-likeness (QED) is 0.760. The molecule has 1 N–H and O–H groups in total. The number of halogens is 1. The molecule has 0 aliphatic carbocycles. The molecule has 23 heavy (non-hydrogen) atoms. The first kappa shape index (κ1) is 17.0. The number of carbonyl (C=O) groups is 1. The van der Waals surface area contributed by atoms with E-state index in [1.807, 2.05) is 6.92 Å². The molecule has 1 aromatic carbocycles. The normalized spacial score (nSPS) is 10.6. The van der Waals surface area contributed by atoms with Crippen LogP contribution in [0, 0.1) is 19.7 Å². The van der Waals surface area contributed by atoms with E-state index in [-0.39, 0.29) is 18.1 Å². The summed E-state index contributed by atoms with van der Waals surface area (Å²) in [5.41, 5.74) is 1.60.